The van der Waals surface area contributed by atoms with Gasteiger partial charge in [0.1, 0.15) is 12.1 Å². The van der Waals surface area contributed by atoms with E-state index in [0.29, 0.717) is 12.1 Å². The highest BCUT2D eigenvalue weighted by atomic mass is 16.5. The third-order valence-electron chi connectivity index (χ3n) is 6.51. The van der Waals surface area contributed by atoms with E-state index in [2.05, 4.69) is 17.0 Å². The highest BCUT2D eigenvalue weighted by Gasteiger charge is 2.36. The van der Waals surface area contributed by atoms with E-state index in [1.807, 2.05) is 66.7 Å². The number of urea groups is 1. The molecular formula is C27H27N3O3. The van der Waals surface area contributed by atoms with Crippen LogP contribution in [0.4, 0.5) is 16.2 Å². The quantitative estimate of drug-likeness (QED) is 0.595. The molecule has 2 aliphatic heterocycles. The zero-order chi connectivity index (χ0) is 22.8. The fraction of sp³-hybridized carbons (Fsp3) is 0.259. The molecule has 0 radical (unpaired) electrons. The van der Waals surface area contributed by atoms with Crippen LogP contribution in [0.15, 0.2) is 78.9 Å². The summed E-state index contributed by atoms with van der Waals surface area (Å²) in [6, 6.07) is 24.5. The van der Waals surface area contributed by atoms with Crippen LogP contribution in [0.5, 0.6) is 0 Å². The maximum absolute atomic E-state index is 13.4. The van der Waals surface area contributed by atoms with Crippen LogP contribution < -0.4 is 10.6 Å². The van der Waals surface area contributed by atoms with E-state index in [9.17, 15) is 9.59 Å². The Morgan fingerprint density at radius 3 is 2.39 bits per heavy atom. The number of amides is 2. The zero-order valence-electron chi connectivity index (χ0n) is 18.4. The topological polar surface area (TPSA) is 75.9 Å². The van der Waals surface area contributed by atoms with Gasteiger partial charge in [-0.25, -0.2) is 4.79 Å². The molecule has 0 spiro atoms. The number of anilines is 2. The van der Waals surface area contributed by atoms with Gasteiger partial charge in [0.05, 0.1) is 11.4 Å². The van der Waals surface area contributed by atoms with Crippen LogP contribution in [0.25, 0.3) is 0 Å². The first-order valence-corrected chi connectivity index (χ1v) is 11.4. The van der Waals surface area contributed by atoms with E-state index in [0.717, 1.165) is 42.7 Å². The molecule has 2 heterocycles. The van der Waals surface area contributed by atoms with Crippen molar-refractivity contribution in [1.29, 1.82) is 0 Å². The minimum atomic E-state index is -0.563. The predicted molar refractivity (Wildman–Crippen MR) is 127 cm³/mol. The normalized spacial score (nSPS) is 19.9. The molecule has 2 atom stereocenters. The Labute approximate surface area is 193 Å². The largest absolute Gasteiger partial charge is 0.456 e. The van der Waals surface area contributed by atoms with Crippen molar-refractivity contribution < 1.29 is 14.3 Å². The molecule has 3 aromatic carbocycles. The fourth-order valence-electron chi connectivity index (χ4n) is 4.97. The minimum Gasteiger partial charge on any atom is -0.456 e. The molecule has 0 unspecified atom stereocenters. The fourth-order valence-corrected chi connectivity index (χ4v) is 4.97. The molecule has 5 rings (SSSR count). The highest BCUT2D eigenvalue weighted by molar-refractivity contribution is 6.00. The number of primary amides is 1. The Bertz CT molecular complexity index is 1160. The van der Waals surface area contributed by atoms with Gasteiger partial charge >= 0.3 is 12.0 Å². The number of hydrogen-bond acceptors (Lipinski definition) is 4. The van der Waals surface area contributed by atoms with Gasteiger partial charge in [-0.2, -0.15) is 0 Å². The summed E-state index contributed by atoms with van der Waals surface area (Å²) in [5.74, 6) is -0.215. The predicted octanol–water partition coefficient (Wildman–Crippen LogP) is 4.71. The lowest BCUT2D eigenvalue weighted by atomic mass is 10.0. The van der Waals surface area contributed by atoms with Gasteiger partial charge in [0.2, 0.25) is 0 Å². The van der Waals surface area contributed by atoms with Crippen molar-refractivity contribution >= 4 is 23.4 Å². The smallest absolute Gasteiger partial charge is 0.323 e. The number of esters is 1. The molecule has 0 bridgehead atoms. The standard InChI is InChI=1S/C27H27N3O3/c28-27(32)30-22-13-6-4-11-20(22)17-25(21-12-5-7-14-23(21)30)33-26(31)24-15-8-16-29(24)18-19-9-2-1-3-10-19/h1-7,9-14,24-25H,8,15-18H2,(H2,28,32)/t24-,25+/m1/s1. The monoisotopic (exact) mass is 441 g/mol. The van der Waals surface area contributed by atoms with Gasteiger partial charge < -0.3 is 10.5 Å². The number of likely N-dealkylation sites (tertiary alicyclic amines) is 1. The molecule has 33 heavy (non-hydrogen) atoms. The molecule has 0 aliphatic carbocycles. The summed E-state index contributed by atoms with van der Waals surface area (Å²) in [4.78, 5) is 29.5. The summed E-state index contributed by atoms with van der Waals surface area (Å²) < 4.78 is 6.18. The summed E-state index contributed by atoms with van der Waals surface area (Å²) in [5.41, 5.74) is 10.0. The number of benzene rings is 3. The Morgan fingerprint density at radius 1 is 0.909 bits per heavy atom. The first-order valence-electron chi connectivity index (χ1n) is 11.4. The molecule has 1 fully saturated rings. The Balaban J connectivity index is 1.43. The third kappa shape index (κ3) is 4.22. The van der Waals surface area contributed by atoms with Gasteiger partial charge in [-0.15, -0.1) is 0 Å². The Kier molecular flexibility index (Phi) is 5.84. The zero-order valence-corrected chi connectivity index (χ0v) is 18.4. The number of fused-ring (bicyclic) bond motifs is 2. The van der Waals surface area contributed by atoms with Crippen molar-refractivity contribution in [3.63, 3.8) is 0 Å². The number of hydrogen-bond donors (Lipinski definition) is 1. The lowest BCUT2D eigenvalue weighted by Crippen LogP contribution is -2.37. The summed E-state index contributed by atoms with van der Waals surface area (Å²) in [6.07, 6.45) is 1.72. The molecule has 1 saturated heterocycles. The van der Waals surface area contributed by atoms with E-state index in [1.54, 1.807) is 0 Å². The van der Waals surface area contributed by atoms with E-state index < -0.39 is 12.1 Å². The van der Waals surface area contributed by atoms with Crippen molar-refractivity contribution in [1.82, 2.24) is 4.90 Å². The molecule has 168 valence electrons. The maximum Gasteiger partial charge on any atom is 0.323 e. The number of para-hydroxylation sites is 2. The summed E-state index contributed by atoms with van der Waals surface area (Å²) in [5, 5.41) is 0. The molecule has 2 aliphatic rings. The number of carbonyl (C=O) groups excluding carboxylic acids is 2. The number of ether oxygens (including phenoxy) is 1. The van der Waals surface area contributed by atoms with Gasteiger partial charge in [-0.05, 0) is 42.6 Å². The second-order valence-electron chi connectivity index (χ2n) is 8.60. The van der Waals surface area contributed by atoms with Crippen LogP contribution in [0.2, 0.25) is 0 Å². The van der Waals surface area contributed by atoms with Crippen LogP contribution in [-0.4, -0.2) is 29.5 Å². The van der Waals surface area contributed by atoms with Crippen LogP contribution in [0, 0.1) is 0 Å². The van der Waals surface area contributed by atoms with Crippen molar-refractivity contribution in [3.05, 3.63) is 95.6 Å². The molecule has 2 amide bonds. The summed E-state index contributed by atoms with van der Waals surface area (Å²) in [6.45, 7) is 1.59. The van der Waals surface area contributed by atoms with E-state index in [-0.39, 0.29) is 12.0 Å². The van der Waals surface area contributed by atoms with Crippen molar-refractivity contribution in [2.24, 2.45) is 5.73 Å². The van der Waals surface area contributed by atoms with Crippen LogP contribution in [-0.2, 0) is 22.5 Å². The van der Waals surface area contributed by atoms with E-state index >= 15 is 0 Å². The molecule has 0 saturated carbocycles. The number of nitrogens with two attached hydrogens (primary N) is 1. The van der Waals surface area contributed by atoms with Crippen LogP contribution in [0.3, 0.4) is 0 Å². The SMILES string of the molecule is NC(=O)N1c2ccccc2C[C@H](OC(=O)[C@H]2CCCN2Cc2ccccc2)c2ccccc21. The van der Waals surface area contributed by atoms with Gasteiger partial charge in [-0.3, -0.25) is 14.6 Å². The summed E-state index contributed by atoms with van der Waals surface area (Å²) >= 11 is 0. The minimum absolute atomic E-state index is 0.215. The number of rotatable bonds is 4. The molecular weight excluding hydrogens is 414 g/mol. The van der Waals surface area contributed by atoms with Crippen molar-refractivity contribution in [3.8, 4) is 0 Å². The van der Waals surface area contributed by atoms with Crippen LogP contribution in [0.1, 0.15) is 35.6 Å². The average molecular weight is 442 g/mol. The van der Waals surface area contributed by atoms with Gasteiger partial charge in [0.15, 0.2) is 0 Å². The van der Waals surface area contributed by atoms with Gasteiger partial charge in [-0.1, -0.05) is 66.7 Å². The Morgan fingerprint density at radius 2 is 1.61 bits per heavy atom. The molecule has 0 aromatic heterocycles. The second kappa shape index (κ2) is 9.08. The first kappa shape index (κ1) is 21.2. The molecule has 6 heteroatoms. The van der Waals surface area contributed by atoms with E-state index in [4.69, 9.17) is 10.5 Å². The average Bonchev–Trinajstić information content (AvgIpc) is 3.23. The Hall–Kier alpha value is -3.64. The van der Waals surface area contributed by atoms with Gasteiger partial charge in [0, 0.05) is 18.5 Å². The van der Waals surface area contributed by atoms with Crippen molar-refractivity contribution in [2.45, 2.75) is 38.0 Å². The molecule has 3 aromatic rings. The maximum atomic E-state index is 13.4. The number of nitrogens with zero attached hydrogens (tertiary/aromatic N) is 2. The van der Waals surface area contributed by atoms with Crippen LogP contribution >= 0.6 is 0 Å². The second-order valence-corrected chi connectivity index (χ2v) is 8.60. The lowest BCUT2D eigenvalue weighted by molar-refractivity contribution is -0.155. The van der Waals surface area contributed by atoms with Gasteiger partial charge in [0.25, 0.3) is 0 Å². The third-order valence-corrected chi connectivity index (χ3v) is 6.51. The number of carbonyl (C=O) groups is 2. The summed E-state index contributed by atoms with van der Waals surface area (Å²) in [7, 11) is 0. The van der Waals surface area contributed by atoms with E-state index in [1.165, 1.54) is 10.5 Å². The molecule has 6 nitrogen and oxygen atoms in total. The highest BCUT2D eigenvalue weighted by Crippen LogP contribution is 2.41. The van der Waals surface area contributed by atoms with Crippen molar-refractivity contribution in [2.75, 3.05) is 11.4 Å². The molecule has 2 N–H and O–H groups in total. The first-order chi connectivity index (χ1) is 16.1. The lowest BCUT2D eigenvalue weighted by Gasteiger charge is -2.26.